The van der Waals surface area contributed by atoms with Crippen LogP contribution >= 0.6 is 0 Å². The van der Waals surface area contributed by atoms with Crippen molar-refractivity contribution in [2.75, 3.05) is 6.61 Å². The summed E-state index contributed by atoms with van der Waals surface area (Å²) in [6.07, 6.45) is 0. The third kappa shape index (κ3) is 2.17. The lowest BCUT2D eigenvalue weighted by Crippen LogP contribution is -2.28. The van der Waals surface area contributed by atoms with Gasteiger partial charge in [-0.2, -0.15) is 0 Å². The van der Waals surface area contributed by atoms with Gasteiger partial charge in [0.25, 0.3) is 0 Å². The van der Waals surface area contributed by atoms with Crippen molar-refractivity contribution in [3.05, 3.63) is 23.8 Å². The summed E-state index contributed by atoms with van der Waals surface area (Å²) in [5.41, 5.74) is 6.05. The molecular weight excluding hydrogens is 178 g/mol. The van der Waals surface area contributed by atoms with Crippen LogP contribution in [0.25, 0.3) is 0 Å². The van der Waals surface area contributed by atoms with Crippen molar-refractivity contribution in [2.24, 2.45) is 5.73 Å². The average Bonchev–Trinajstić information content (AvgIpc) is 2.07. The molecule has 0 aliphatic heterocycles. The lowest BCUT2D eigenvalue weighted by atomic mass is 9.94. The monoisotopic (exact) mass is 195 g/mol. The predicted molar refractivity (Wildman–Crippen MR) is 56.5 cm³/mol. The smallest absolute Gasteiger partial charge is 0.162 e. The number of benzene rings is 1. The molecule has 3 heteroatoms. The summed E-state index contributed by atoms with van der Waals surface area (Å²) in [6.45, 7) is 6.09. The van der Waals surface area contributed by atoms with Gasteiger partial charge >= 0.3 is 0 Å². The largest absolute Gasteiger partial charge is 0.504 e. The Morgan fingerprint density at radius 2 is 2.07 bits per heavy atom. The Balaban J connectivity index is 3.14. The van der Waals surface area contributed by atoms with Crippen LogP contribution in [0, 0.1) is 0 Å². The van der Waals surface area contributed by atoms with Gasteiger partial charge in [0.1, 0.15) is 0 Å². The van der Waals surface area contributed by atoms with E-state index in [0.717, 1.165) is 0 Å². The first kappa shape index (κ1) is 10.9. The van der Waals surface area contributed by atoms with Crippen LogP contribution in [-0.2, 0) is 5.54 Å². The van der Waals surface area contributed by atoms with E-state index in [1.807, 2.05) is 26.8 Å². The van der Waals surface area contributed by atoms with Gasteiger partial charge in [0.15, 0.2) is 11.5 Å². The van der Waals surface area contributed by atoms with E-state index >= 15 is 0 Å². The van der Waals surface area contributed by atoms with Gasteiger partial charge in [-0.3, -0.25) is 0 Å². The first-order chi connectivity index (χ1) is 6.46. The molecule has 1 rings (SSSR count). The molecule has 3 nitrogen and oxygen atoms in total. The number of nitrogens with two attached hydrogens (primary N) is 1. The van der Waals surface area contributed by atoms with Crippen LogP contribution in [0.5, 0.6) is 11.5 Å². The zero-order valence-electron chi connectivity index (χ0n) is 8.87. The quantitative estimate of drug-likeness (QED) is 0.775. The lowest BCUT2D eigenvalue weighted by Gasteiger charge is -2.21. The molecule has 0 bridgehead atoms. The van der Waals surface area contributed by atoms with Crippen molar-refractivity contribution in [1.82, 2.24) is 0 Å². The summed E-state index contributed by atoms with van der Waals surface area (Å²) in [4.78, 5) is 0. The normalized spacial score (nSPS) is 11.4. The van der Waals surface area contributed by atoms with E-state index in [-0.39, 0.29) is 5.75 Å². The third-order valence-corrected chi connectivity index (χ3v) is 1.99. The van der Waals surface area contributed by atoms with Gasteiger partial charge in [0.05, 0.1) is 6.61 Å². The van der Waals surface area contributed by atoms with Crippen molar-refractivity contribution in [3.8, 4) is 11.5 Å². The highest BCUT2D eigenvalue weighted by atomic mass is 16.5. The van der Waals surface area contributed by atoms with E-state index in [2.05, 4.69) is 0 Å². The lowest BCUT2D eigenvalue weighted by molar-refractivity contribution is 0.313. The molecule has 1 aromatic rings. The van der Waals surface area contributed by atoms with Crippen LogP contribution in [0.1, 0.15) is 26.3 Å². The molecule has 0 fully saturated rings. The fraction of sp³-hybridized carbons (Fsp3) is 0.455. The van der Waals surface area contributed by atoms with Crippen molar-refractivity contribution >= 4 is 0 Å². The fourth-order valence-electron chi connectivity index (χ4n) is 1.31. The van der Waals surface area contributed by atoms with Crippen molar-refractivity contribution < 1.29 is 9.84 Å². The molecule has 0 atom stereocenters. The highest BCUT2D eigenvalue weighted by Gasteiger charge is 2.20. The minimum Gasteiger partial charge on any atom is -0.504 e. The number of para-hydroxylation sites is 1. The zero-order valence-corrected chi connectivity index (χ0v) is 8.87. The zero-order chi connectivity index (χ0) is 10.8. The molecule has 14 heavy (non-hydrogen) atoms. The number of ether oxygens (including phenoxy) is 1. The second-order valence-corrected chi connectivity index (χ2v) is 3.81. The Morgan fingerprint density at radius 3 is 2.57 bits per heavy atom. The van der Waals surface area contributed by atoms with Crippen LogP contribution in [0.4, 0.5) is 0 Å². The molecule has 0 aliphatic rings. The maximum absolute atomic E-state index is 9.85. The van der Waals surface area contributed by atoms with Crippen molar-refractivity contribution in [2.45, 2.75) is 26.3 Å². The van der Waals surface area contributed by atoms with Crippen molar-refractivity contribution in [3.63, 3.8) is 0 Å². The average molecular weight is 195 g/mol. The second-order valence-electron chi connectivity index (χ2n) is 3.81. The summed E-state index contributed by atoms with van der Waals surface area (Å²) >= 11 is 0. The molecule has 0 amide bonds. The Bertz CT molecular complexity index is 316. The van der Waals surface area contributed by atoms with Crippen LogP contribution in [0.2, 0.25) is 0 Å². The highest BCUT2D eigenvalue weighted by molar-refractivity contribution is 5.48. The summed E-state index contributed by atoms with van der Waals surface area (Å²) in [7, 11) is 0. The topological polar surface area (TPSA) is 55.5 Å². The number of hydrogen-bond donors (Lipinski definition) is 2. The standard InChI is InChI=1S/C11H17NO2/c1-4-14-9-7-5-6-8(10(9)13)11(2,3)12/h5-7,13H,4,12H2,1-3H3. The predicted octanol–water partition coefficient (Wildman–Crippen LogP) is 1.98. The third-order valence-electron chi connectivity index (χ3n) is 1.99. The Labute approximate surface area is 84.5 Å². The van der Waals surface area contributed by atoms with Gasteiger partial charge in [0, 0.05) is 11.1 Å². The van der Waals surface area contributed by atoms with Gasteiger partial charge in [-0.15, -0.1) is 0 Å². The molecule has 0 aromatic heterocycles. The van der Waals surface area contributed by atoms with Gasteiger partial charge in [-0.1, -0.05) is 12.1 Å². The van der Waals surface area contributed by atoms with Crippen molar-refractivity contribution in [1.29, 1.82) is 0 Å². The minimum absolute atomic E-state index is 0.141. The van der Waals surface area contributed by atoms with E-state index < -0.39 is 5.54 Å². The Morgan fingerprint density at radius 1 is 1.43 bits per heavy atom. The van der Waals surface area contributed by atoms with Gasteiger partial charge in [0.2, 0.25) is 0 Å². The summed E-state index contributed by atoms with van der Waals surface area (Å²) in [5, 5.41) is 9.85. The molecule has 0 saturated carbocycles. The van der Waals surface area contributed by atoms with E-state index in [1.165, 1.54) is 0 Å². The Kier molecular flexibility index (Phi) is 3.01. The van der Waals surface area contributed by atoms with Gasteiger partial charge < -0.3 is 15.6 Å². The molecule has 0 radical (unpaired) electrons. The van der Waals surface area contributed by atoms with Crippen LogP contribution in [0.3, 0.4) is 0 Å². The number of aromatic hydroxyl groups is 1. The number of hydrogen-bond acceptors (Lipinski definition) is 3. The Hall–Kier alpha value is -1.22. The molecule has 0 saturated heterocycles. The van der Waals surface area contributed by atoms with Gasteiger partial charge in [-0.25, -0.2) is 0 Å². The summed E-state index contributed by atoms with van der Waals surface area (Å²) in [5.74, 6) is 0.630. The highest BCUT2D eigenvalue weighted by Crippen LogP contribution is 2.34. The van der Waals surface area contributed by atoms with Gasteiger partial charge in [-0.05, 0) is 26.8 Å². The number of rotatable bonds is 3. The molecule has 3 N–H and O–H groups in total. The van der Waals surface area contributed by atoms with E-state index in [4.69, 9.17) is 10.5 Å². The van der Waals surface area contributed by atoms with E-state index in [1.54, 1.807) is 12.1 Å². The van der Waals surface area contributed by atoms with E-state index in [0.29, 0.717) is 17.9 Å². The number of phenolic OH excluding ortho intramolecular Hbond substituents is 1. The molecule has 0 aliphatic carbocycles. The maximum Gasteiger partial charge on any atom is 0.162 e. The van der Waals surface area contributed by atoms with E-state index in [9.17, 15) is 5.11 Å². The number of phenols is 1. The molecule has 0 heterocycles. The first-order valence-corrected chi connectivity index (χ1v) is 4.71. The molecule has 78 valence electrons. The summed E-state index contributed by atoms with van der Waals surface area (Å²) in [6, 6.07) is 5.36. The molecular formula is C11H17NO2. The second kappa shape index (κ2) is 3.88. The maximum atomic E-state index is 9.85. The van der Waals surface area contributed by atoms with Crippen LogP contribution in [0.15, 0.2) is 18.2 Å². The molecule has 0 unspecified atom stereocenters. The molecule has 1 aromatic carbocycles. The minimum atomic E-state index is -0.558. The van der Waals surface area contributed by atoms with Crippen LogP contribution < -0.4 is 10.5 Å². The first-order valence-electron chi connectivity index (χ1n) is 4.71. The SMILES string of the molecule is CCOc1cccc(C(C)(C)N)c1O. The fourth-order valence-corrected chi connectivity index (χ4v) is 1.31. The molecule has 0 spiro atoms. The van der Waals surface area contributed by atoms with Crippen LogP contribution in [-0.4, -0.2) is 11.7 Å². The summed E-state index contributed by atoms with van der Waals surface area (Å²) < 4.78 is 5.27.